The van der Waals surface area contributed by atoms with Crippen molar-refractivity contribution in [2.45, 2.75) is 32.1 Å². The molecule has 0 aliphatic carbocycles. The van der Waals surface area contributed by atoms with Gasteiger partial charge in [0.25, 0.3) is 5.91 Å². The smallest absolute Gasteiger partial charge is 0.253 e. The van der Waals surface area contributed by atoms with Gasteiger partial charge < -0.3 is 9.80 Å². The van der Waals surface area contributed by atoms with Crippen molar-refractivity contribution in [3.05, 3.63) is 71.8 Å². The second kappa shape index (κ2) is 7.85. The van der Waals surface area contributed by atoms with E-state index in [1.165, 1.54) is 18.5 Å². The molecular formula is C24H30N2O. The summed E-state index contributed by atoms with van der Waals surface area (Å²) in [5, 5.41) is 0. The molecule has 0 bridgehead atoms. The van der Waals surface area contributed by atoms with Crippen molar-refractivity contribution in [2.75, 3.05) is 32.7 Å². The molecule has 0 saturated carbocycles. The Hall–Kier alpha value is -2.13. The molecule has 2 fully saturated rings. The zero-order chi connectivity index (χ0) is 18.7. The van der Waals surface area contributed by atoms with Crippen LogP contribution in [0, 0.1) is 5.41 Å². The summed E-state index contributed by atoms with van der Waals surface area (Å²) in [7, 11) is 0. The first-order chi connectivity index (χ1) is 13.2. The summed E-state index contributed by atoms with van der Waals surface area (Å²) in [6.07, 6.45) is 3.48. The van der Waals surface area contributed by atoms with Gasteiger partial charge in [-0.25, -0.2) is 0 Å². The Balaban J connectivity index is 1.46. The van der Waals surface area contributed by atoms with Crippen LogP contribution in [0.3, 0.4) is 0 Å². The number of carbonyl (C=O) groups excluding carboxylic acids is 1. The molecule has 2 saturated heterocycles. The number of amides is 1. The fourth-order valence-electron chi connectivity index (χ4n) is 5.00. The maximum absolute atomic E-state index is 12.8. The molecule has 0 N–H and O–H groups in total. The maximum atomic E-state index is 12.8. The van der Waals surface area contributed by atoms with Gasteiger partial charge in [0.1, 0.15) is 0 Å². The van der Waals surface area contributed by atoms with Gasteiger partial charge in [0.05, 0.1) is 0 Å². The monoisotopic (exact) mass is 362 g/mol. The lowest BCUT2D eigenvalue weighted by Crippen LogP contribution is -2.52. The highest BCUT2D eigenvalue weighted by molar-refractivity contribution is 5.94. The van der Waals surface area contributed by atoms with E-state index in [-0.39, 0.29) is 5.91 Å². The van der Waals surface area contributed by atoms with E-state index in [9.17, 15) is 4.79 Å². The quantitative estimate of drug-likeness (QED) is 0.807. The molecule has 2 heterocycles. The summed E-state index contributed by atoms with van der Waals surface area (Å²) in [5.41, 5.74) is 2.63. The van der Waals surface area contributed by atoms with E-state index in [1.54, 1.807) is 0 Å². The van der Waals surface area contributed by atoms with Crippen molar-refractivity contribution < 1.29 is 4.79 Å². The molecule has 0 aromatic heterocycles. The molecule has 1 unspecified atom stereocenters. The Morgan fingerprint density at radius 3 is 2.26 bits per heavy atom. The first kappa shape index (κ1) is 18.2. The van der Waals surface area contributed by atoms with Crippen molar-refractivity contribution in [3.8, 4) is 0 Å². The first-order valence-electron chi connectivity index (χ1n) is 10.3. The molecule has 2 aliphatic rings. The molecule has 2 aromatic rings. The number of nitrogens with zero attached hydrogens (tertiary/aromatic N) is 2. The minimum Gasteiger partial charge on any atom is -0.339 e. The molecule has 0 radical (unpaired) electrons. The third kappa shape index (κ3) is 3.93. The van der Waals surface area contributed by atoms with E-state index in [4.69, 9.17) is 0 Å². The molecule has 1 atom stereocenters. The first-order valence-corrected chi connectivity index (χ1v) is 10.3. The van der Waals surface area contributed by atoms with Gasteiger partial charge in [0, 0.05) is 31.7 Å². The van der Waals surface area contributed by atoms with Gasteiger partial charge in [-0.1, -0.05) is 55.5 Å². The Bertz CT molecular complexity index is 750. The summed E-state index contributed by atoms with van der Waals surface area (Å²) < 4.78 is 0. The van der Waals surface area contributed by atoms with E-state index in [0.29, 0.717) is 11.3 Å². The van der Waals surface area contributed by atoms with Gasteiger partial charge >= 0.3 is 0 Å². The third-order valence-electron chi connectivity index (χ3n) is 6.57. The van der Waals surface area contributed by atoms with Crippen molar-refractivity contribution in [3.63, 3.8) is 0 Å². The molecule has 1 amide bonds. The average molecular weight is 363 g/mol. The lowest BCUT2D eigenvalue weighted by atomic mass is 9.68. The molecule has 142 valence electrons. The minimum absolute atomic E-state index is 0.188. The van der Waals surface area contributed by atoms with Gasteiger partial charge in [0.2, 0.25) is 0 Å². The lowest BCUT2D eigenvalue weighted by molar-refractivity contribution is 0.0158. The fourth-order valence-corrected chi connectivity index (χ4v) is 5.00. The maximum Gasteiger partial charge on any atom is 0.253 e. The second-order valence-corrected chi connectivity index (χ2v) is 8.30. The zero-order valence-electron chi connectivity index (χ0n) is 16.3. The van der Waals surface area contributed by atoms with Gasteiger partial charge in [-0.2, -0.15) is 0 Å². The van der Waals surface area contributed by atoms with Crippen LogP contribution in [0.5, 0.6) is 0 Å². The summed E-state index contributed by atoms with van der Waals surface area (Å²) in [5.74, 6) is 0.796. The molecule has 1 spiro atoms. The predicted octanol–water partition coefficient (Wildman–Crippen LogP) is 4.42. The molecular weight excluding hydrogens is 332 g/mol. The second-order valence-electron chi connectivity index (χ2n) is 8.30. The van der Waals surface area contributed by atoms with E-state index in [1.807, 2.05) is 30.3 Å². The number of likely N-dealkylation sites (N-methyl/N-ethyl adjacent to an activating group) is 1. The third-order valence-corrected chi connectivity index (χ3v) is 6.57. The number of rotatable bonds is 3. The number of hydrogen-bond donors (Lipinski definition) is 0. The predicted molar refractivity (Wildman–Crippen MR) is 110 cm³/mol. The summed E-state index contributed by atoms with van der Waals surface area (Å²) in [6.45, 7) is 7.49. The molecule has 4 rings (SSSR count). The minimum atomic E-state index is 0.188. The van der Waals surface area contributed by atoms with Crippen LogP contribution in [-0.2, 0) is 0 Å². The van der Waals surface area contributed by atoms with Gasteiger partial charge in [0.15, 0.2) is 0 Å². The van der Waals surface area contributed by atoms with Crippen molar-refractivity contribution in [2.24, 2.45) is 5.41 Å². The molecule has 3 heteroatoms. The lowest BCUT2D eigenvalue weighted by Gasteiger charge is -2.50. The van der Waals surface area contributed by atoms with Crippen LogP contribution in [0.1, 0.15) is 48.0 Å². The van der Waals surface area contributed by atoms with Crippen LogP contribution < -0.4 is 0 Å². The SMILES string of the molecule is CCN1CC(c2ccccc2)CC2(CCN(C(=O)c3ccccc3)CC2)C1. The van der Waals surface area contributed by atoms with E-state index >= 15 is 0 Å². The van der Waals surface area contributed by atoms with Crippen LogP contribution in [-0.4, -0.2) is 48.4 Å². The number of likely N-dealkylation sites (tertiary alicyclic amines) is 2. The van der Waals surface area contributed by atoms with Crippen LogP contribution >= 0.6 is 0 Å². The fraction of sp³-hybridized carbons (Fsp3) is 0.458. The Labute approximate surface area is 163 Å². The Kier molecular flexibility index (Phi) is 5.31. The zero-order valence-corrected chi connectivity index (χ0v) is 16.3. The van der Waals surface area contributed by atoms with Crippen LogP contribution in [0.15, 0.2) is 60.7 Å². The average Bonchev–Trinajstić information content (AvgIpc) is 2.75. The summed E-state index contributed by atoms with van der Waals surface area (Å²) >= 11 is 0. The molecule has 2 aliphatic heterocycles. The van der Waals surface area contributed by atoms with Gasteiger partial charge in [-0.05, 0) is 54.8 Å². The number of hydrogen-bond acceptors (Lipinski definition) is 2. The highest BCUT2D eigenvalue weighted by atomic mass is 16.2. The topological polar surface area (TPSA) is 23.6 Å². The van der Waals surface area contributed by atoms with Crippen molar-refractivity contribution in [1.29, 1.82) is 0 Å². The summed E-state index contributed by atoms with van der Waals surface area (Å²) in [6, 6.07) is 20.7. The molecule has 2 aromatic carbocycles. The highest BCUT2D eigenvalue weighted by Gasteiger charge is 2.42. The number of benzene rings is 2. The van der Waals surface area contributed by atoms with E-state index < -0.39 is 0 Å². The van der Waals surface area contributed by atoms with E-state index in [0.717, 1.165) is 44.6 Å². The number of piperidine rings is 2. The number of carbonyl (C=O) groups is 1. The standard InChI is InChI=1S/C24H30N2O/c1-2-25-18-22(20-9-5-3-6-10-20)17-24(19-25)13-15-26(16-14-24)23(27)21-11-7-4-8-12-21/h3-12,22H,2,13-19H2,1H3. The normalized spacial score (nSPS) is 22.7. The van der Waals surface area contributed by atoms with Crippen molar-refractivity contribution >= 4 is 5.91 Å². The van der Waals surface area contributed by atoms with Crippen molar-refractivity contribution in [1.82, 2.24) is 9.80 Å². The van der Waals surface area contributed by atoms with Crippen LogP contribution in [0.4, 0.5) is 0 Å². The van der Waals surface area contributed by atoms with Crippen LogP contribution in [0.2, 0.25) is 0 Å². The largest absolute Gasteiger partial charge is 0.339 e. The Morgan fingerprint density at radius 2 is 1.63 bits per heavy atom. The van der Waals surface area contributed by atoms with E-state index in [2.05, 4.69) is 47.1 Å². The van der Waals surface area contributed by atoms with Crippen LogP contribution in [0.25, 0.3) is 0 Å². The van der Waals surface area contributed by atoms with Gasteiger partial charge in [-0.15, -0.1) is 0 Å². The summed E-state index contributed by atoms with van der Waals surface area (Å²) in [4.78, 5) is 17.5. The Morgan fingerprint density at radius 1 is 1.00 bits per heavy atom. The highest BCUT2D eigenvalue weighted by Crippen LogP contribution is 2.45. The van der Waals surface area contributed by atoms with Gasteiger partial charge in [-0.3, -0.25) is 4.79 Å². The molecule has 3 nitrogen and oxygen atoms in total. The molecule has 27 heavy (non-hydrogen) atoms.